The van der Waals surface area contributed by atoms with Crippen molar-refractivity contribution in [2.75, 3.05) is 20.3 Å². The van der Waals surface area contributed by atoms with E-state index in [2.05, 4.69) is 18.3 Å². The molecule has 1 atom stereocenters. The number of methoxy groups -OCH3 is 1. The third-order valence-electron chi connectivity index (χ3n) is 2.75. The van der Waals surface area contributed by atoms with Gasteiger partial charge in [0.25, 0.3) is 0 Å². The van der Waals surface area contributed by atoms with Crippen LogP contribution < -0.4 is 10.1 Å². The van der Waals surface area contributed by atoms with E-state index in [1.54, 1.807) is 7.11 Å². The van der Waals surface area contributed by atoms with Crippen molar-refractivity contribution in [1.29, 1.82) is 5.26 Å². The van der Waals surface area contributed by atoms with E-state index < -0.39 is 5.54 Å². The average Bonchev–Trinajstić information content (AvgIpc) is 2.44. The summed E-state index contributed by atoms with van der Waals surface area (Å²) in [5.41, 5.74) is 0.396. The number of hydrogen-bond acceptors (Lipinski definition) is 4. The van der Waals surface area contributed by atoms with Crippen molar-refractivity contribution < 1.29 is 9.47 Å². The summed E-state index contributed by atoms with van der Waals surface area (Å²) < 4.78 is 10.8. The minimum absolute atomic E-state index is 0.319. The number of benzene rings is 1. The lowest BCUT2D eigenvalue weighted by Gasteiger charge is -2.23. The molecule has 0 amide bonds. The largest absolute Gasteiger partial charge is 0.491 e. The van der Waals surface area contributed by atoms with Gasteiger partial charge in [0.05, 0.1) is 12.7 Å². The maximum atomic E-state index is 9.22. The molecule has 4 heteroatoms. The first kappa shape index (κ1) is 15.5. The molecule has 0 bridgehead atoms. The van der Waals surface area contributed by atoms with Crippen molar-refractivity contribution in [3.63, 3.8) is 0 Å². The predicted molar refractivity (Wildman–Crippen MR) is 75.0 cm³/mol. The van der Waals surface area contributed by atoms with Crippen molar-refractivity contribution in [3.8, 4) is 11.8 Å². The lowest BCUT2D eigenvalue weighted by Crippen LogP contribution is -2.46. The molecule has 1 aromatic rings. The highest BCUT2D eigenvalue weighted by Gasteiger charge is 2.23. The molecule has 19 heavy (non-hydrogen) atoms. The van der Waals surface area contributed by atoms with Crippen LogP contribution in [0.15, 0.2) is 24.3 Å². The summed E-state index contributed by atoms with van der Waals surface area (Å²) in [7, 11) is 1.66. The highest BCUT2D eigenvalue weighted by Crippen LogP contribution is 2.16. The third-order valence-corrected chi connectivity index (χ3v) is 2.75. The van der Waals surface area contributed by atoms with E-state index in [9.17, 15) is 5.26 Å². The standard InChI is InChI=1S/C15H22N2O2/c1-4-8-17-15(2,11-16)12-19-14-7-5-6-13(9-14)10-18-3/h5-7,9,17H,4,8,10,12H2,1-3H3. The average molecular weight is 262 g/mol. The molecule has 0 fully saturated rings. The topological polar surface area (TPSA) is 54.3 Å². The maximum Gasteiger partial charge on any atom is 0.138 e. The molecular weight excluding hydrogens is 240 g/mol. The molecule has 1 N–H and O–H groups in total. The van der Waals surface area contributed by atoms with Crippen LogP contribution in [-0.2, 0) is 11.3 Å². The summed E-state index contributed by atoms with van der Waals surface area (Å²) in [5.74, 6) is 0.759. The van der Waals surface area contributed by atoms with E-state index in [1.807, 2.05) is 31.2 Å². The van der Waals surface area contributed by atoms with Crippen LogP contribution in [0.25, 0.3) is 0 Å². The highest BCUT2D eigenvalue weighted by molar-refractivity contribution is 5.28. The van der Waals surface area contributed by atoms with Gasteiger partial charge in [0, 0.05) is 7.11 Å². The molecule has 4 nitrogen and oxygen atoms in total. The van der Waals surface area contributed by atoms with E-state index in [4.69, 9.17) is 9.47 Å². The van der Waals surface area contributed by atoms with Crippen molar-refractivity contribution in [2.45, 2.75) is 32.4 Å². The Morgan fingerprint density at radius 1 is 1.42 bits per heavy atom. The van der Waals surface area contributed by atoms with Crippen LogP contribution >= 0.6 is 0 Å². The zero-order valence-electron chi connectivity index (χ0n) is 11.9. The number of nitriles is 1. The fourth-order valence-corrected chi connectivity index (χ4v) is 1.64. The molecule has 0 saturated heterocycles. The summed E-state index contributed by atoms with van der Waals surface area (Å²) in [6.45, 7) is 5.60. The van der Waals surface area contributed by atoms with Crippen LogP contribution in [-0.4, -0.2) is 25.8 Å². The molecule has 0 radical (unpaired) electrons. The first-order chi connectivity index (χ1) is 9.13. The summed E-state index contributed by atoms with van der Waals surface area (Å²) >= 11 is 0. The SMILES string of the molecule is CCCNC(C)(C#N)COc1cccc(COC)c1. The molecule has 0 saturated carbocycles. The number of nitrogens with zero attached hydrogens (tertiary/aromatic N) is 1. The fraction of sp³-hybridized carbons (Fsp3) is 0.533. The van der Waals surface area contributed by atoms with Gasteiger partial charge in [-0.3, -0.25) is 5.32 Å². The lowest BCUT2D eigenvalue weighted by atomic mass is 10.1. The summed E-state index contributed by atoms with van der Waals surface area (Å²) in [6, 6.07) is 9.98. The summed E-state index contributed by atoms with van der Waals surface area (Å²) in [5, 5.41) is 12.4. The molecule has 104 valence electrons. The molecule has 0 spiro atoms. The molecule has 1 unspecified atom stereocenters. The Labute approximate surface area is 115 Å². The quantitative estimate of drug-likeness (QED) is 0.782. The van der Waals surface area contributed by atoms with Gasteiger partial charge in [0.2, 0.25) is 0 Å². The minimum atomic E-state index is -0.659. The van der Waals surface area contributed by atoms with Crippen LogP contribution in [0.5, 0.6) is 5.75 Å². The summed E-state index contributed by atoms with van der Waals surface area (Å²) in [4.78, 5) is 0. The molecule has 0 aromatic heterocycles. The van der Waals surface area contributed by atoms with Crippen LogP contribution in [0.3, 0.4) is 0 Å². The third kappa shape index (κ3) is 5.29. The van der Waals surface area contributed by atoms with Crippen LogP contribution in [0.2, 0.25) is 0 Å². The van der Waals surface area contributed by atoms with Gasteiger partial charge in [-0.05, 0) is 37.6 Å². The molecule has 0 heterocycles. The van der Waals surface area contributed by atoms with Gasteiger partial charge >= 0.3 is 0 Å². The number of nitrogens with one attached hydrogen (secondary N) is 1. The fourth-order valence-electron chi connectivity index (χ4n) is 1.64. The second-order valence-corrected chi connectivity index (χ2v) is 4.74. The van der Waals surface area contributed by atoms with Gasteiger partial charge < -0.3 is 9.47 Å². The number of rotatable bonds is 8. The summed E-state index contributed by atoms with van der Waals surface area (Å²) in [6.07, 6.45) is 0.987. The van der Waals surface area contributed by atoms with Crippen molar-refractivity contribution in [2.24, 2.45) is 0 Å². The Bertz CT molecular complexity index is 428. The Hall–Kier alpha value is -1.57. The van der Waals surface area contributed by atoms with Gasteiger partial charge in [-0.25, -0.2) is 0 Å². The second-order valence-electron chi connectivity index (χ2n) is 4.74. The first-order valence-corrected chi connectivity index (χ1v) is 6.50. The number of ether oxygens (including phenoxy) is 2. The van der Waals surface area contributed by atoms with E-state index in [0.29, 0.717) is 13.2 Å². The smallest absolute Gasteiger partial charge is 0.138 e. The van der Waals surface area contributed by atoms with Crippen LogP contribution in [0.1, 0.15) is 25.8 Å². The van der Waals surface area contributed by atoms with Crippen LogP contribution in [0.4, 0.5) is 0 Å². The van der Waals surface area contributed by atoms with E-state index in [0.717, 1.165) is 24.3 Å². The second kappa shape index (κ2) is 7.78. The minimum Gasteiger partial charge on any atom is -0.491 e. The first-order valence-electron chi connectivity index (χ1n) is 6.50. The normalized spacial score (nSPS) is 13.6. The molecule has 1 rings (SSSR count). The molecule has 0 aliphatic carbocycles. The highest BCUT2D eigenvalue weighted by atomic mass is 16.5. The monoisotopic (exact) mass is 262 g/mol. The van der Waals surface area contributed by atoms with Gasteiger partial charge in [0.1, 0.15) is 17.9 Å². The molecule has 1 aromatic carbocycles. The van der Waals surface area contributed by atoms with Crippen LogP contribution in [0, 0.1) is 11.3 Å². The van der Waals surface area contributed by atoms with E-state index >= 15 is 0 Å². The zero-order valence-corrected chi connectivity index (χ0v) is 11.9. The van der Waals surface area contributed by atoms with E-state index in [-0.39, 0.29) is 0 Å². The maximum absolute atomic E-state index is 9.22. The predicted octanol–water partition coefficient (Wildman–Crippen LogP) is 2.49. The van der Waals surface area contributed by atoms with Gasteiger partial charge in [-0.15, -0.1) is 0 Å². The van der Waals surface area contributed by atoms with Gasteiger partial charge in [0.15, 0.2) is 0 Å². The van der Waals surface area contributed by atoms with Crippen molar-refractivity contribution in [1.82, 2.24) is 5.32 Å². The van der Waals surface area contributed by atoms with Gasteiger partial charge in [-0.1, -0.05) is 19.1 Å². The van der Waals surface area contributed by atoms with Crippen molar-refractivity contribution in [3.05, 3.63) is 29.8 Å². The van der Waals surface area contributed by atoms with Crippen molar-refractivity contribution >= 4 is 0 Å². The Morgan fingerprint density at radius 3 is 2.84 bits per heavy atom. The lowest BCUT2D eigenvalue weighted by molar-refractivity contribution is 0.184. The van der Waals surface area contributed by atoms with E-state index in [1.165, 1.54) is 0 Å². The molecular formula is C15H22N2O2. The zero-order chi connectivity index (χ0) is 14.1. The molecule has 0 aliphatic heterocycles. The Morgan fingerprint density at radius 2 is 2.21 bits per heavy atom. The van der Waals surface area contributed by atoms with Gasteiger partial charge in [-0.2, -0.15) is 5.26 Å². The molecule has 0 aliphatic rings. The Kier molecular flexibility index (Phi) is 6.34. The Balaban J connectivity index is 2.59. The number of hydrogen-bond donors (Lipinski definition) is 1.